The zero-order valence-electron chi connectivity index (χ0n) is 14.1. The molecule has 23 heavy (non-hydrogen) atoms. The summed E-state index contributed by atoms with van der Waals surface area (Å²) >= 11 is 0. The summed E-state index contributed by atoms with van der Waals surface area (Å²) in [5, 5.41) is 0. The number of hydrogen-bond donors (Lipinski definition) is 1. The molecule has 1 saturated heterocycles. The van der Waals surface area contributed by atoms with Gasteiger partial charge in [-0.2, -0.15) is 0 Å². The summed E-state index contributed by atoms with van der Waals surface area (Å²) in [6.07, 6.45) is 0.835. The van der Waals surface area contributed by atoms with Crippen molar-refractivity contribution in [1.82, 2.24) is 4.90 Å². The summed E-state index contributed by atoms with van der Waals surface area (Å²) in [6, 6.07) is 7.45. The maximum atomic E-state index is 12.3. The van der Waals surface area contributed by atoms with Gasteiger partial charge in [0.2, 0.25) is 0 Å². The third-order valence-corrected chi connectivity index (χ3v) is 4.16. The zero-order valence-corrected chi connectivity index (χ0v) is 14.9. The summed E-state index contributed by atoms with van der Waals surface area (Å²) in [4.78, 5) is 14.1. The van der Waals surface area contributed by atoms with Crippen LogP contribution in [0.15, 0.2) is 24.3 Å². The van der Waals surface area contributed by atoms with Gasteiger partial charge in [-0.25, -0.2) is 0 Å². The van der Waals surface area contributed by atoms with E-state index in [9.17, 15) is 4.79 Å². The second-order valence-electron chi connectivity index (χ2n) is 6.39. The van der Waals surface area contributed by atoms with E-state index in [1.54, 1.807) is 0 Å². The summed E-state index contributed by atoms with van der Waals surface area (Å²) in [5.41, 5.74) is 6.05. The lowest BCUT2D eigenvalue weighted by Gasteiger charge is -2.42. The normalized spacial score (nSPS) is 19.7. The number of likely N-dealkylation sites (tertiary alicyclic amines) is 1. The lowest BCUT2D eigenvalue weighted by atomic mass is 9.80. The minimum Gasteiger partial charge on any atom is -0.494 e. The van der Waals surface area contributed by atoms with Crippen LogP contribution in [0.5, 0.6) is 11.5 Å². The van der Waals surface area contributed by atoms with Gasteiger partial charge in [0.1, 0.15) is 11.5 Å². The highest BCUT2D eigenvalue weighted by molar-refractivity contribution is 5.85. The number of rotatable bonds is 5. The van der Waals surface area contributed by atoms with Crippen molar-refractivity contribution in [3.8, 4) is 11.5 Å². The summed E-state index contributed by atoms with van der Waals surface area (Å²) < 4.78 is 10.9. The Morgan fingerprint density at radius 3 is 2.35 bits per heavy atom. The molecule has 5 nitrogen and oxygen atoms in total. The number of carbonyl (C=O) groups excluding carboxylic acids is 1. The highest BCUT2D eigenvalue weighted by Crippen LogP contribution is 2.27. The van der Waals surface area contributed by atoms with Crippen LogP contribution in [-0.4, -0.2) is 43.2 Å². The van der Waals surface area contributed by atoms with Crippen LogP contribution in [0, 0.1) is 5.41 Å². The fourth-order valence-corrected chi connectivity index (χ4v) is 2.62. The Bertz CT molecular complexity index is 505. The molecule has 1 aliphatic rings. The molecule has 0 aromatic heterocycles. The van der Waals surface area contributed by atoms with Gasteiger partial charge in [0, 0.05) is 19.1 Å². The summed E-state index contributed by atoms with van der Waals surface area (Å²) in [6.45, 7) is 8.21. The van der Waals surface area contributed by atoms with E-state index >= 15 is 0 Å². The van der Waals surface area contributed by atoms with Crippen LogP contribution < -0.4 is 15.2 Å². The Kier molecular flexibility index (Phi) is 7.16. The SMILES string of the molecule is CCOc1ccc(OCC(=O)N2CCC(N)C(C)(C)C2)cc1.Cl. The van der Waals surface area contributed by atoms with Crippen molar-refractivity contribution in [1.29, 1.82) is 0 Å². The zero-order chi connectivity index (χ0) is 16.2. The predicted octanol–water partition coefficient (Wildman–Crippen LogP) is 2.47. The molecule has 1 amide bonds. The molecule has 0 aliphatic carbocycles. The monoisotopic (exact) mass is 342 g/mol. The van der Waals surface area contributed by atoms with Gasteiger partial charge in [-0.3, -0.25) is 4.79 Å². The third kappa shape index (κ3) is 5.29. The standard InChI is InChI=1S/C17H26N2O3.ClH/c1-4-21-13-5-7-14(8-6-13)22-11-16(20)19-10-9-15(18)17(2,3)12-19;/h5-8,15H,4,9-12,18H2,1-3H3;1H. The smallest absolute Gasteiger partial charge is 0.260 e. The topological polar surface area (TPSA) is 64.8 Å². The minimum atomic E-state index is -0.0486. The van der Waals surface area contributed by atoms with Crippen molar-refractivity contribution in [2.45, 2.75) is 33.2 Å². The first-order valence-corrected chi connectivity index (χ1v) is 7.81. The molecule has 0 spiro atoms. The maximum Gasteiger partial charge on any atom is 0.260 e. The lowest BCUT2D eigenvalue weighted by molar-refractivity contribution is -0.136. The number of ether oxygens (including phenoxy) is 2. The van der Waals surface area contributed by atoms with Crippen LogP contribution >= 0.6 is 12.4 Å². The second-order valence-corrected chi connectivity index (χ2v) is 6.39. The lowest BCUT2D eigenvalue weighted by Crippen LogP contribution is -2.54. The molecule has 1 unspecified atom stereocenters. The van der Waals surface area contributed by atoms with Gasteiger partial charge in [-0.15, -0.1) is 12.4 Å². The third-order valence-electron chi connectivity index (χ3n) is 4.16. The van der Waals surface area contributed by atoms with Gasteiger partial charge in [0.25, 0.3) is 5.91 Å². The first-order chi connectivity index (χ1) is 10.4. The first kappa shape index (κ1) is 19.6. The molecule has 130 valence electrons. The molecular weight excluding hydrogens is 316 g/mol. The summed E-state index contributed by atoms with van der Waals surface area (Å²) in [7, 11) is 0. The molecule has 1 aromatic carbocycles. The number of halogens is 1. The van der Waals surface area contributed by atoms with Crippen molar-refractivity contribution >= 4 is 18.3 Å². The van der Waals surface area contributed by atoms with E-state index < -0.39 is 0 Å². The van der Waals surface area contributed by atoms with Crippen LogP contribution in [0.2, 0.25) is 0 Å². The van der Waals surface area contributed by atoms with E-state index in [1.807, 2.05) is 36.1 Å². The van der Waals surface area contributed by atoms with Crippen LogP contribution in [0.25, 0.3) is 0 Å². The van der Waals surface area contributed by atoms with Gasteiger partial charge in [0.15, 0.2) is 6.61 Å². The Labute approximate surface area is 144 Å². The Hall–Kier alpha value is -1.46. The number of amides is 1. The molecule has 1 aliphatic heterocycles. The number of nitrogens with two attached hydrogens (primary N) is 1. The molecule has 6 heteroatoms. The molecule has 1 heterocycles. The summed E-state index contributed by atoms with van der Waals surface area (Å²) in [5.74, 6) is 1.48. The molecule has 0 radical (unpaired) electrons. The molecular formula is C17H27ClN2O3. The Morgan fingerprint density at radius 1 is 1.26 bits per heavy atom. The average molecular weight is 343 g/mol. The van der Waals surface area contributed by atoms with Gasteiger partial charge in [0.05, 0.1) is 6.61 Å². The Morgan fingerprint density at radius 2 is 1.83 bits per heavy atom. The van der Waals surface area contributed by atoms with Crippen LogP contribution in [0.4, 0.5) is 0 Å². The van der Waals surface area contributed by atoms with E-state index in [1.165, 1.54) is 0 Å². The fourth-order valence-electron chi connectivity index (χ4n) is 2.62. The second kappa shape index (κ2) is 8.41. The van der Waals surface area contributed by atoms with E-state index in [4.69, 9.17) is 15.2 Å². The maximum absolute atomic E-state index is 12.3. The highest BCUT2D eigenvalue weighted by atomic mass is 35.5. The van der Waals surface area contributed by atoms with Crippen LogP contribution in [0.3, 0.4) is 0 Å². The fraction of sp³-hybridized carbons (Fsp3) is 0.588. The molecule has 1 atom stereocenters. The van der Waals surface area contributed by atoms with E-state index in [-0.39, 0.29) is 36.4 Å². The van der Waals surface area contributed by atoms with Crippen molar-refractivity contribution in [2.75, 3.05) is 26.3 Å². The minimum absolute atomic E-state index is 0. The van der Waals surface area contributed by atoms with Crippen molar-refractivity contribution in [3.63, 3.8) is 0 Å². The number of carbonyl (C=O) groups is 1. The quantitative estimate of drug-likeness (QED) is 0.892. The molecule has 1 aromatic rings. The van der Waals surface area contributed by atoms with E-state index in [2.05, 4.69) is 13.8 Å². The predicted molar refractivity (Wildman–Crippen MR) is 93.3 cm³/mol. The van der Waals surface area contributed by atoms with Gasteiger partial charge in [-0.1, -0.05) is 13.8 Å². The number of hydrogen-bond acceptors (Lipinski definition) is 4. The molecule has 0 bridgehead atoms. The average Bonchev–Trinajstić information content (AvgIpc) is 2.49. The highest BCUT2D eigenvalue weighted by Gasteiger charge is 2.35. The Balaban J connectivity index is 0.00000264. The molecule has 1 fully saturated rings. The molecule has 2 rings (SSSR count). The van der Waals surface area contributed by atoms with Crippen molar-refractivity contribution in [2.24, 2.45) is 11.1 Å². The van der Waals surface area contributed by atoms with Crippen molar-refractivity contribution < 1.29 is 14.3 Å². The van der Waals surface area contributed by atoms with Gasteiger partial charge in [-0.05, 0) is 43.0 Å². The number of piperidine rings is 1. The largest absolute Gasteiger partial charge is 0.494 e. The number of nitrogens with zero attached hydrogens (tertiary/aromatic N) is 1. The molecule has 2 N–H and O–H groups in total. The van der Waals surface area contributed by atoms with Gasteiger partial charge < -0.3 is 20.1 Å². The van der Waals surface area contributed by atoms with Crippen LogP contribution in [0.1, 0.15) is 27.2 Å². The van der Waals surface area contributed by atoms with Gasteiger partial charge >= 0.3 is 0 Å². The number of benzene rings is 1. The van der Waals surface area contributed by atoms with E-state index in [0.29, 0.717) is 25.4 Å². The molecule has 0 saturated carbocycles. The van der Waals surface area contributed by atoms with Crippen LogP contribution in [-0.2, 0) is 4.79 Å². The van der Waals surface area contributed by atoms with Crippen molar-refractivity contribution in [3.05, 3.63) is 24.3 Å². The first-order valence-electron chi connectivity index (χ1n) is 7.81. The van der Waals surface area contributed by atoms with E-state index in [0.717, 1.165) is 12.2 Å².